The molecule has 108 valence electrons. The van der Waals surface area contributed by atoms with Crippen molar-refractivity contribution in [3.63, 3.8) is 0 Å². The minimum absolute atomic E-state index is 0.325. The second kappa shape index (κ2) is 6.52. The highest BCUT2D eigenvalue weighted by molar-refractivity contribution is 5.17. The van der Waals surface area contributed by atoms with Crippen LogP contribution in [-0.4, -0.2) is 19.6 Å². The average Bonchev–Trinajstić information content (AvgIpc) is 2.98. The predicted molar refractivity (Wildman–Crippen MR) is 80.2 cm³/mol. The third kappa shape index (κ3) is 3.36. The van der Waals surface area contributed by atoms with Crippen molar-refractivity contribution < 1.29 is 0 Å². The van der Waals surface area contributed by atoms with Crippen LogP contribution in [0.5, 0.6) is 0 Å². The summed E-state index contributed by atoms with van der Waals surface area (Å²) in [5.74, 6) is 0. The maximum atomic E-state index is 4.47. The maximum Gasteiger partial charge on any atom is 0.0638 e. The SMILES string of the molecule is C=CCn1cc(CN[C@H](CC)c2cnn(C)c2)c(C)n1. The van der Waals surface area contributed by atoms with E-state index in [-0.39, 0.29) is 0 Å². The fraction of sp³-hybridized carbons (Fsp3) is 0.467. The summed E-state index contributed by atoms with van der Waals surface area (Å²) < 4.78 is 3.76. The molecular weight excluding hydrogens is 250 g/mol. The van der Waals surface area contributed by atoms with Gasteiger partial charge in [-0.05, 0) is 13.3 Å². The Hall–Kier alpha value is -1.88. The molecule has 2 rings (SSSR count). The third-order valence-electron chi connectivity index (χ3n) is 3.44. The molecule has 5 nitrogen and oxygen atoms in total. The van der Waals surface area contributed by atoms with Crippen molar-refractivity contribution in [2.24, 2.45) is 7.05 Å². The summed E-state index contributed by atoms with van der Waals surface area (Å²) in [6.07, 6.45) is 8.96. The lowest BCUT2D eigenvalue weighted by molar-refractivity contribution is 0.517. The molecule has 0 saturated carbocycles. The van der Waals surface area contributed by atoms with E-state index in [1.165, 1.54) is 11.1 Å². The van der Waals surface area contributed by atoms with Crippen LogP contribution in [0.4, 0.5) is 0 Å². The number of allylic oxidation sites excluding steroid dienone is 1. The van der Waals surface area contributed by atoms with E-state index in [4.69, 9.17) is 0 Å². The van der Waals surface area contributed by atoms with Gasteiger partial charge in [0.15, 0.2) is 0 Å². The quantitative estimate of drug-likeness (QED) is 0.788. The van der Waals surface area contributed by atoms with Crippen molar-refractivity contribution in [1.29, 1.82) is 0 Å². The molecule has 0 fully saturated rings. The lowest BCUT2D eigenvalue weighted by atomic mass is 10.1. The molecule has 0 bridgehead atoms. The van der Waals surface area contributed by atoms with Crippen molar-refractivity contribution in [3.05, 3.63) is 48.1 Å². The first kappa shape index (κ1) is 14.5. The standard InChI is InChI=1S/C15H23N5/c1-5-7-20-11-13(12(3)18-20)8-16-15(6-2)14-9-17-19(4)10-14/h5,9-11,15-16H,1,6-8H2,2-4H3/t15-/m1/s1. The fourth-order valence-electron chi connectivity index (χ4n) is 2.31. The molecule has 0 radical (unpaired) electrons. The zero-order chi connectivity index (χ0) is 14.5. The molecule has 0 aliphatic heterocycles. The van der Waals surface area contributed by atoms with E-state index in [9.17, 15) is 0 Å². The molecule has 0 aliphatic carbocycles. The van der Waals surface area contributed by atoms with Gasteiger partial charge in [0.2, 0.25) is 0 Å². The Kier molecular flexibility index (Phi) is 4.74. The van der Waals surface area contributed by atoms with Gasteiger partial charge in [0, 0.05) is 43.2 Å². The molecule has 2 heterocycles. The van der Waals surface area contributed by atoms with Crippen LogP contribution in [0.1, 0.15) is 36.2 Å². The number of hydrogen-bond donors (Lipinski definition) is 1. The minimum atomic E-state index is 0.325. The van der Waals surface area contributed by atoms with Gasteiger partial charge in [0.05, 0.1) is 18.4 Å². The maximum absolute atomic E-state index is 4.47. The van der Waals surface area contributed by atoms with Gasteiger partial charge in [0.25, 0.3) is 0 Å². The Labute approximate surface area is 120 Å². The van der Waals surface area contributed by atoms with Crippen molar-refractivity contribution in [2.45, 2.75) is 39.4 Å². The first-order chi connectivity index (χ1) is 9.63. The fourth-order valence-corrected chi connectivity index (χ4v) is 2.31. The summed E-state index contributed by atoms with van der Waals surface area (Å²) in [6.45, 7) is 9.53. The van der Waals surface area contributed by atoms with Crippen LogP contribution in [0.15, 0.2) is 31.2 Å². The van der Waals surface area contributed by atoms with E-state index in [2.05, 4.69) is 41.4 Å². The molecule has 0 saturated heterocycles. The van der Waals surface area contributed by atoms with Crippen LogP contribution in [0.3, 0.4) is 0 Å². The van der Waals surface area contributed by atoms with Gasteiger partial charge in [0.1, 0.15) is 0 Å². The summed E-state index contributed by atoms with van der Waals surface area (Å²) in [5.41, 5.74) is 3.53. The average molecular weight is 273 g/mol. The molecule has 1 atom stereocenters. The van der Waals surface area contributed by atoms with Crippen LogP contribution in [-0.2, 0) is 20.1 Å². The van der Waals surface area contributed by atoms with Crippen LogP contribution >= 0.6 is 0 Å². The van der Waals surface area contributed by atoms with Gasteiger partial charge < -0.3 is 5.32 Å². The van der Waals surface area contributed by atoms with E-state index in [0.717, 1.165) is 25.2 Å². The largest absolute Gasteiger partial charge is 0.306 e. The summed E-state index contributed by atoms with van der Waals surface area (Å²) in [7, 11) is 1.94. The van der Waals surface area contributed by atoms with Crippen molar-refractivity contribution in [3.8, 4) is 0 Å². The first-order valence-electron chi connectivity index (χ1n) is 6.99. The van der Waals surface area contributed by atoms with E-state index >= 15 is 0 Å². The van der Waals surface area contributed by atoms with Crippen LogP contribution in [0.25, 0.3) is 0 Å². The lowest BCUT2D eigenvalue weighted by Gasteiger charge is -2.14. The molecule has 0 aromatic carbocycles. The Morgan fingerprint density at radius 1 is 1.45 bits per heavy atom. The highest BCUT2D eigenvalue weighted by Gasteiger charge is 2.12. The molecule has 0 amide bonds. The summed E-state index contributed by atoms with van der Waals surface area (Å²) in [5, 5.41) is 12.3. The third-order valence-corrected chi connectivity index (χ3v) is 3.44. The van der Waals surface area contributed by atoms with Gasteiger partial charge in [-0.25, -0.2) is 0 Å². The molecule has 0 unspecified atom stereocenters. The number of nitrogens with one attached hydrogen (secondary N) is 1. The second-order valence-corrected chi connectivity index (χ2v) is 5.04. The van der Waals surface area contributed by atoms with Crippen LogP contribution in [0, 0.1) is 6.92 Å². The highest BCUT2D eigenvalue weighted by Crippen LogP contribution is 2.16. The van der Waals surface area contributed by atoms with E-state index in [1.807, 2.05) is 35.6 Å². The molecule has 0 aliphatic rings. The zero-order valence-corrected chi connectivity index (χ0v) is 12.5. The predicted octanol–water partition coefficient (Wildman–Crippen LogP) is 2.35. The van der Waals surface area contributed by atoms with Crippen molar-refractivity contribution in [2.75, 3.05) is 0 Å². The van der Waals surface area contributed by atoms with Crippen molar-refractivity contribution in [1.82, 2.24) is 24.9 Å². The molecule has 1 N–H and O–H groups in total. The zero-order valence-electron chi connectivity index (χ0n) is 12.5. The Morgan fingerprint density at radius 3 is 2.85 bits per heavy atom. The van der Waals surface area contributed by atoms with Crippen LogP contribution < -0.4 is 5.32 Å². The molecule has 2 aromatic heterocycles. The van der Waals surface area contributed by atoms with E-state index < -0.39 is 0 Å². The molecule has 2 aromatic rings. The van der Waals surface area contributed by atoms with E-state index in [1.54, 1.807) is 0 Å². The Balaban J connectivity index is 2.01. The smallest absolute Gasteiger partial charge is 0.0638 e. The monoisotopic (exact) mass is 273 g/mol. The first-order valence-corrected chi connectivity index (χ1v) is 6.99. The summed E-state index contributed by atoms with van der Waals surface area (Å²) in [4.78, 5) is 0. The molecule has 5 heteroatoms. The van der Waals surface area contributed by atoms with Crippen molar-refractivity contribution >= 4 is 0 Å². The van der Waals surface area contributed by atoms with Crippen LogP contribution in [0.2, 0.25) is 0 Å². The molecular formula is C15H23N5. The molecule has 20 heavy (non-hydrogen) atoms. The number of aryl methyl sites for hydroxylation is 2. The van der Waals surface area contributed by atoms with E-state index in [0.29, 0.717) is 6.04 Å². The lowest BCUT2D eigenvalue weighted by Crippen LogP contribution is -2.20. The Bertz CT molecular complexity index is 567. The Morgan fingerprint density at radius 2 is 2.25 bits per heavy atom. The van der Waals surface area contributed by atoms with Gasteiger partial charge in [-0.1, -0.05) is 13.0 Å². The number of nitrogens with zero attached hydrogens (tertiary/aromatic N) is 4. The van der Waals surface area contributed by atoms with Gasteiger partial charge in [-0.15, -0.1) is 6.58 Å². The number of rotatable bonds is 7. The molecule has 0 spiro atoms. The second-order valence-electron chi connectivity index (χ2n) is 5.04. The number of aromatic nitrogens is 4. The normalized spacial score (nSPS) is 12.6. The highest BCUT2D eigenvalue weighted by atomic mass is 15.3. The summed E-state index contributed by atoms with van der Waals surface area (Å²) >= 11 is 0. The van der Waals surface area contributed by atoms with Gasteiger partial charge >= 0.3 is 0 Å². The minimum Gasteiger partial charge on any atom is -0.306 e. The van der Waals surface area contributed by atoms with Gasteiger partial charge in [-0.2, -0.15) is 10.2 Å². The van der Waals surface area contributed by atoms with Gasteiger partial charge in [-0.3, -0.25) is 9.36 Å². The number of hydrogen-bond acceptors (Lipinski definition) is 3. The topological polar surface area (TPSA) is 47.7 Å². The summed E-state index contributed by atoms with van der Waals surface area (Å²) in [6, 6.07) is 0.325.